The standard InChI is InChI=1S/C15H22N2O/c1-18-11-12-3-2-4-14(9-12)16-15-6-8-17-7-5-13(15)10-17/h2-4,9,13,15-16H,5-8,10-11H2,1H3. The predicted molar refractivity (Wildman–Crippen MR) is 73.7 cm³/mol. The van der Waals surface area contributed by atoms with Gasteiger partial charge in [0.05, 0.1) is 6.61 Å². The van der Waals surface area contributed by atoms with Crippen LogP contribution >= 0.6 is 0 Å². The molecule has 0 aromatic heterocycles. The first-order valence-corrected chi connectivity index (χ1v) is 6.92. The molecule has 0 radical (unpaired) electrons. The number of ether oxygens (including phenoxy) is 1. The summed E-state index contributed by atoms with van der Waals surface area (Å²) in [5.41, 5.74) is 2.49. The molecule has 2 saturated heterocycles. The van der Waals surface area contributed by atoms with Gasteiger partial charge in [-0.05, 0) is 43.0 Å². The number of nitrogens with zero attached hydrogens (tertiary/aromatic N) is 1. The fourth-order valence-corrected chi connectivity index (χ4v) is 3.27. The average molecular weight is 246 g/mol. The van der Waals surface area contributed by atoms with E-state index in [0.29, 0.717) is 12.6 Å². The van der Waals surface area contributed by atoms with Crippen molar-refractivity contribution in [3.63, 3.8) is 0 Å². The Balaban J connectivity index is 1.66. The molecule has 18 heavy (non-hydrogen) atoms. The van der Waals surface area contributed by atoms with Crippen molar-refractivity contribution in [3.05, 3.63) is 29.8 Å². The van der Waals surface area contributed by atoms with Gasteiger partial charge < -0.3 is 15.0 Å². The first-order chi connectivity index (χ1) is 8.85. The van der Waals surface area contributed by atoms with Crippen molar-refractivity contribution in [2.45, 2.75) is 25.5 Å². The third kappa shape index (κ3) is 2.52. The van der Waals surface area contributed by atoms with Gasteiger partial charge in [-0.1, -0.05) is 12.1 Å². The van der Waals surface area contributed by atoms with Gasteiger partial charge >= 0.3 is 0 Å². The SMILES string of the molecule is COCc1cccc(NC2CCN3CCC2C3)c1. The first kappa shape index (κ1) is 12.0. The molecule has 0 aliphatic carbocycles. The molecule has 3 atom stereocenters. The summed E-state index contributed by atoms with van der Waals surface area (Å²) in [5.74, 6) is 0.838. The van der Waals surface area contributed by atoms with Crippen molar-refractivity contribution in [1.29, 1.82) is 0 Å². The Kier molecular flexibility index (Phi) is 3.52. The van der Waals surface area contributed by atoms with Crippen molar-refractivity contribution in [2.24, 2.45) is 5.92 Å². The molecule has 0 spiro atoms. The van der Waals surface area contributed by atoms with Crippen LogP contribution in [-0.2, 0) is 11.3 Å². The van der Waals surface area contributed by atoms with Crippen LogP contribution in [0.15, 0.2) is 24.3 Å². The zero-order chi connectivity index (χ0) is 12.4. The van der Waals surface area contributed by atoms with Gasteiger partial charge in [-0.15, -0.1) is 0 Å². The lowest BCUT2D eigenvalue weighted by molar-refractivity contribution is 0.185. The van der Waals surface area contributed by atoms with Crippen molar-refractivity contribution < 1.29 is 4.74 Å². The molecular weight excluding hydrogens is 224 g/mol. The lowest BCUT2D eigenvalue weighted by Crippen LogP contribution is -2.39. The molecule has 2 bridgehead atoms. The number of piperidine rings is 1. The molecule has 2 fully saturated rings. The summed E-state index contributed by atoms with van der Waals surface area (Å²) in [6, 6.07) is 9.26. The van der Waals surface area contributed by atoms with Gasteiger partial charge in [-0.2, -0.15) is 0 Å². The van der Waals surface area contributed by atoms with Gasteiger partial charge in [0.2, 0.25) is 0 Å². The van der Waals surface area contributed by atoms with Crippen LogP contribution < -0.4 is 5.32 Å². The maximum absolute atomic E-state index is 5.19. The average Bonchev–Trinajstić information content (AvgIpc) is 2.77. The maximum Gasteiger partial charge on any atom is 0.0713 e. The number of methoxy groups -OCH3 is 1. The summed E-state index contributed by atoms with van der Waals surface area (Å²) >= 11 is 0. The fourth-order valence-electron chi connectivity index (χ4n) is 3.27. The number of nitrogens with one attached hydrogen (secondary N) is 1. The maximum atomic E-state index is 5.19. The molecule has 2 aliphatic heterocycles. The van der Waals surface area contributed by atoms with Crippen LogP contribution in [0.4, 0.5) is 5.69 Å². The number of fused-ring (bicyclic) bond motifs is 2. The number of rotatable bonds is 4. The second-order valence-corrected chi connectivity index (χ2v) is 5.52. The molecule has 1 aromatic rings. The topological polar surface area (TPSA) is 24.5 Å². The summed E-state index contributed by atoms with van der Waals surface area (Å²) in [7, 11) is 1.74. The Morgan fingerprint density at radius 3 is 3.11 bits per heavy atom. The Labute approximate surface area is 109 Å². The molecule has 0 saturated carbocycles. The van der Waals surface area contributed by atoms with Gasteiger partial charge in [-0.25, -0.2) is 0 Å². The third-order valence-corrected chi connectivity index (χ3v) is 4.22. The number of hydrogen-bond acceptors (Lipinski definition) is 3. The summed E-state index contributed by atoms with van der Waals surface area (Å²) < 4.78 is 5.19. The van der Waals surface area contributed by atoms with Crippen LogP contribution in [-0.4, -0.2) is 37.7 Å². The van der Waals surface area contributed by atoms with E-state index in [0.717, 1.165) is 5.92 Å². The molecular formula is C15H22N2O. The van der Waals surface area contributed by atoms with Crippen LogP contribution in [0, 0.1) is 5.92 Å². The van der Waals surface area contributed by atoms with E-state index < -0.39 is 0 Å². The fraction of sp³-hybridized carbons (Fsp3) is 0.600. The highest BCUT2D eigenvalue weighted by Gasteiger charge is 2.33. The Morgan fingerprint density at radius 2 is 2.22 bits per heavy atom. The zero-order valence-corrected chi connectivity index (χ0v) is 11.1. The largest absolute Gasteiger partial charge is 0.382 e. The molecule has 1 N–H and O–H groups in total. The molecule has 3 nitrogen and oxygen atoms in total. The summed E-state index contributed by atoms with van der Waals surface area (Å²) in [4.78, 5) is 2.59. The van der Waals surface area contributed by atoms with E-state index in [4.69, 9.17) is 4.74 Å². The van der Waals surface area contributed by atoms with Crippen molar-refractivity contribution >= 4 is 5.69 Å². The van der Waals surface area contributed by atoms with E-state index >= 15 is 0 Å². The molecule has 3 unspecified atom stereocenters. The number of benzene rings is 1. The van der Waals surface area contributed by atoms with Gasteiger partial charge in [0.15, 0.2) is 0 Å². The van der Waals surface area contributed by atoms with Gasteiger partial charge in [0.1, 0.15) is 0 Å². The van der Waals surface area contributed by atoms with E-state index in [1.807, 2.05) is 0 Å². The molecule has 3 heteroatoms. The Bertz CT molecular complexity index is 407. The zero-order valence-electron chi connectivity index (χ0n) is 11.1. The van der Waals surface area contributed by atoms with Crippen molar-refractivity contribution in [2.75, 3.05) is 32.1 Å². The highest BCUT2D eigenvalue weighted by molar-refractivity contribution is 5.46. The minimum Gasteiger partial charge on any atom is -0.382 e. The summed E-state index contributed by atoms with van der Waals surface area (Å²) in [6.45, 7) is 4.53. The predicted octanol–water partition coefficient (Wildman–Crippen LogP) is 2.34. The second-order valence-electron chi connectivity index (χ2n) is 5.52. The van der Waals surface area contributed by atoms with Gasteiger partial charge in [0, 0.05) is 31.9 Å². The van der Waals surface area contributed by atoms with Crippen LogP contribution in [0.5, 0.6) is 0 Å². The summed E-state index contributed by atoms with van der Waals surface area (Å²) in [6.07, 6.45) is 2.63. The Morgan fingerprint density at radius 1 is 1.33 bits per heavy atom. The van der Waals surface area contributed by atoms with E-state index in [-0.39, 0.29) is 0 Å². The van der Waals surface area contributed by atoms with Crippen LogP contribution in [0.25, 0.3) is 0 Å². The van der Waals surface area contributed by atoms with Crippen molar-refractivity contribution in [3.8, 4) is 0 Å². The van der Waals surface area contributed by atoms with Gasteiger partial charge in [0.25, 0.3) is 0 Å². The lowest BCUT2D eigenvalue weighted by Gasteiger charge is -2.31. The van der Waals surface area contributed by atoms with Gasteiger partial charge in [-0.3, -0.25) is 0 Å². The summed E-state index contributed by atoms with van der Waals surface area (Å²) in [5, 5.41) is 3.73. The van der Waals surface area contributed by atoms with E-state index in [9.17, 15) is 0 Å². The normalized spacial score (nSPS) is 30.4. The minimum absolute atomic E-state index is 0.654. The smallest absolute Gasteiger partial charge is 0.0713 e. The van der Waals surface area contributed by atoms with E-state index in [1.54, 1.807) is 7.11 Å². The first-order valence-electron chi connectivity index (χ1n) is 6.92. The van der Waals surface area contributed by atoms with Crippen LogP contribution in [0.2, 0.25) is 0 Å². The van der Waals surface area contributed by atoms with E-state index in [2.05, 4.69) is 34.5 Å². The lowest BCUT2D eigenvalue weighted by atomic mass is 9.94. The van der Waals surface area contributed by atoms with E-state index in [1.165, 1.54) is 43.7 Å². The second kappa shape index (κ2) is 5.29. The molecule has 98 valence electrons. The number of anilines is 1. The van der Waals surface area contributed by atoms with Crippen LogP contribution in [0.3, 0.4) is 0 Å². The van der Waals surface area contributed by atoms with Crippen molar-refractivity contribution in [1.82, 2.24) is 4.90 Å². The minimum atomic E-state index is 0.654. The monoisotopic (exact) mass is 246 g/mol. The Hall–Kier alpha value is -1.06. The molecule has 2 aliphatic rings. The highest BCUT2D eigenvalue weighted by atomic mass is 16.5. The van der Waals surface area contributed by atoms with Crippen LogP contribution in [0.1, 0.15) is 18.4 Å². The third-order valence-electron chi connectivity index (χ3n) is 4.22. The molecule has 2 heterocycles. The molecule has 1 aromatic carbocycles. The quantitative estimate of drug-likeness (QED) is 0.882. The highest BCUT2D eigenvalue weighted by Crippen LogP contribution is 2.29. The molecule has 0 amide bonds. The number of hydrogen-bond donors (Lipinski definition) is 1. The molecule has 3 rings (SSSR count).